The van der Waals surface area contributed by atoms with Gasteiger partial charge in [0.2, 0.25) is 0 Å². The van der Waals surface area contributed by atoms with Crippen molar-refractivity contribution in [2.24, 2.45) is 0 Å². The normalized spacial score (nSPS) is 17.6. The van der Waals surface area contributed by atoms with Crippen molar-refractivity contribution in [3.63, 3.8) is 0 Å². The van der Waals surface area contributed by atoms with Crippen molar-refractivity contribution in [3.05, 3.63) is 95.6 Å². The van der Waals surface area contributed by atoms with Gasteiger partial charge in [0.05, 0.1) is 5.30 Å². The van der Waals surface area contributed by atoms with Crippen molar-refractivity contribution >= 4 is 26.6 Å². The van der Waals surface area contributed by atoms with Gasteiger partial charge in [0, 0.05) is 31.0 Å². The maximum absolute atomic E-state index is 14.1. The van der Waals surface area contributed by atoms with Gasteiger partial charge in [-0.2, -0.15) is 0 Å². The van der Waals surface area contributed by atoms with Gasteiger partial charge in [0.1, 0.15) is 11.5 Å². The highest BCUT2D eigenvalue weighted by Gasteiger charge is 2.32. The summed E-state index contributed by atoms with van der Waals surface area (Å²) in [4.78, 5) is 0. The van der Waals surface area contributed by atoms with E-state index >= 15 is 0 Å². The molecule has 0 saturated carbocycles. The van der Waals surface area contributed by atoms with Crippen LogP contribution in [0, 0.1) is 0 Å². The zero-order valence-corrected chi connectivity index (χ0v) is 25.3. The highest BCUT2D eigenvalue weighted by Crippen LogP contribution is 2.53. The first-order chi connectivity index (χ1) is 19.0. The Labute approximate surface area is 235 Å². The molecule has 39 heavy (non-hydrogen) atoms. The zero-order valence-electron chi connectivity index (χ0n) is 23.5. The molecule has 208 valence electrons. The first kappa shape index (κ1) is 29.6. The second-order valence-electron chi connectivity index (χ2n) is 9.95. The minimum atomic E-state index is -3.64. The van der Waals surface area contributed by atoms with E-state index in [0.717, 1.165) is 67.1 Å². The van der Waals surface area contributed by atoms with E-state index in [-0.39, 0.29) is 5.92 Å². The van der Waals surface area contributed by atoms with Crippen molar-refractivity contribution in [2.75, 3.05) is 14.2 Å². The molecule has 0 aromatic heterocycles. The molecule has 4 rings (SSSR count). The van der Waals surface area contributed by atoms with Gasteiger partial charge in [-0.15, -0.1) is 0 Å². The van der Waals surface area contributed by atoms with Crippen LogP contribution in [0.4, 0.5) is 0 Å². The van der Waals surface area contributed by atoms with Crippen LogP contribution < -0.4 is 19.7 Å². The first-order valence-electron chi connectivity index (χ1n) is 13.8. The van der Waals surface area contributed by atoms with E-state index in [1.54, 1.807) is 19.2 Å². The number of unbranched alkanes of at least 4 members (excludes halogenated alkanes) is 2. The van der Waals surface area contributed by atoms with Crippen LogP contribution in [0.5, 0.6) is 11.5 Å². The van der Waals surface area contributed by atoms with Crippen molar-refractivity contribution in [1.82, 2.24) is 0 Å². The molecule has 0 N–H and O–H groups in total. The SMILES string of the molecule is CCCCCc1cc(OP(OC)c2ccccc2)c(C2C=C(C)CCC2)c(OP(=O)(OC)c2ccccc2)c1. The van der Waals surface area contributed by atoms with Gasteiger partial charge in [0.15, 0.2) is 0 Å². The Morgan fingerprint density at radius 2 is 1.64 bits per heavy atom. The fourth-order valence-electron chi connectivity index (χ4n) is 5.00. The van der Waals surface area contributed by atoms with Crippen molar-refractivity contribution in [2.45, 2.75) is 64.7 Å². The van der Waals surface area contributed by atoms with Crippen molar-refractivity contribution in [3.8, 4) is 11.5 Å². The number of allylic oxidation sites excluding steroid dienone is 2. The Hall–Kier alpha value is -2.42. The second kappa shape index (κ2) is 14.3. The molecule has 3 aromatic rings. The summed E-state index contributed by atoms with van der Waals surface area (Å²) in [6.07, 6.45) is 9.59. The zero-order chi connectivity index (χ0) is 27.7. The predicted octanol–water partition coefficient (Wildman–Crippen LogP) is 8.84. The maximum atomic E-state index is 14.1. The predicted molar refractivity (Wildman–Crippen MR) is 162 cm³/mol. The van der Waals surface area contributed by atoms with E-state index in [9.17, 15) is 4.57 Å². The van der Waals surface area contributed by atoms with Gasteiger partial charge in [-0.05, 0) is 81.0 Å². The van der Waals surface area contributed by atoms with Gasteiger partial charge < -0.3 is 13.6 Å². The van der Waals surface area contributed by atoms with Gasteiger partial charge >= 0.3 is 7.60 Å². The quantitative estimate of drug-likeness (QED) is 0.118. The maximum Gasteiger partial charge on any atom is 0.410 e. The number of benzene rings is 3. The minimum absolute atomic E-state index is 0.0685. The molecular weight excluding hydrogens is 526 g/mol. The third-order valence-corrected chi connectivity index (χ3v) is 10.3. The molecule has 1 aliphatic carbocycles. The summed E-state index contributed by atoms with van der Waals surface area (Å²) in [6.45, 7) is 4.37. The monoisotopic (exact) mass is 566 g/mol. The molecule has 0 aliphatic heterocycles. The summed E-state index contributed by atoms with van der Waals surface area (Å²) in [5, 5.41) is 1.51. The fourth-order valence-corrected chi connectivity index (χ4v) is 7.48. The van der Waals surface area contributed by atoms with Crippen molar-refractivity contribution in [1.29, 1.82) is 0 Å². The first-order valence-corrected chi connectivity index (χ1v) is 16.5. The van der Waals surface area contributed by atoms with Crippen LogP contribution in [0.2, 0.25) is 0 Å². The minimum Gasteiger partial charge on any atom is -0.443 e. The summed E-state index contributed by atoms with van der Waals surface area (Å²) in [7, 11) is -1.89. The standard InChI is InChI=1S/C32H40O5P2/c1-5-6-9-16-26-23-30(36-38(34-3)28-18-10-7-11-19-28)32(27-17-14-15-25(2)22-27)31(24-26)37-39(33,35-4)29-20-12-8-13-21-29/h7-8,10-13,18-24,27H,5-6,9,14-17H2,1-4H3. The fraction of sp³-hybridized carbons (Fsp3) is 0.375. The Morgan fingerprint density at radius 3 is 2.28 bits per heavy atom. The number of hydrogen-bond acceptors (Lipinski definition) is 5. The summed E-state index contributed by atoms with van der Waals surface area (Å²) in [6, 6.07) is 23.4. The molecule has 0 bridgehead atoms. The summed E-state index contributed by atoms with van der Waals surface area (Å²) < 4.78 is 38.8. The number of hydrogen-bond donors (Lipinski definition) is 0. The molecule has 0 radical (unpaired) electrons. The molecule has 5 nitrogen and oxygen atoms in total. The van der Waals surface area contributed by atoms with Crippen LogP contribution in [0.3, 0.4) is 0 Å². The Morgan fingerprint density at radius 1 is 0.949 bits per heavy atom. The highest BCUT2D eigenvalue weighted by molar-refractivity contribution is 7.62. The van der Waals surface area contributed by atoms with Crippen LogP contribution in [0.1, 0.15) is 69.4 Å². The Kier molecular flexibility index (Phi) is 10.8. The molecule has 3 aromatic carbocycles. The lowest BCUT2D eigenvalue weighted by Gasteiger charge is -2.28. The highest BCUT2D eigenvalue weighted by atomic mass is 31.2. The molecule has 0 amide bonds. The third kappa shape index (κ3) is 7.62. The average molecular weight is 567 g/mol. The summed E-state index contributed by atoms with van der Waals surface area (Å²) in [5.74, 6) is 1.35. The molecular formula is C32H40O5P2. The molecule has 3 atom stereocenters. The van der Waals surface area contributed by atoms with E-state index in [0.29, 0.717) is 11.1 Å². The lowest BCUT2D eigenvalue weighted by molar-refractivity contribution is 0.331. The van der Waals surface area contributed by atoms with Gasteiger partial charge in [-0.1, -0.05) is 67.8 Å². The molecule has 3 unspecified atom stereocenters. The van der Waals surface area contributed by atoms with Crippen LogP contribution in [-0.2, 0) is 20.0 Å². The molecule has 0 spiro atoms. The van der Waals surface area contributed by atoms with E-state index < -0.39 is 16.0 Å². The van der Waals surface area contributed by atoms with E-state index in [4.69, 9.17) is 18.1 Å². The topological polar surface area (TPSA) is 54.0 Å². The lowest BCUT2D eigenvalue weighted by Crippen LogP contribution is -2.14. The number of aryl methyl sites for hydroxylation is 1. The van der Waals surface area contributed by atoms with E-state index in [1.807, 2.05) is 54.6 Å². The Bertz CT molecular complexity index is 1280. The average Bonchev–Trinajstić information content (AvgIpc) is 2.97. The Balaban J connectivity index is 1.86. The van der Waals surface area contributed by atoms with E-state index in [1.165, 1.54) is 12.7 Å². The smallest absolute Gasteiger partial charge is 0.410 e. The largest absolute Gasteiger partial charge is 0.443 e. The molecule has 7 heteroatoms. The lowest BCUT2D eigenvalue weighted by atomic mass is 9.84. The van der Waals surface area contributed by atoms with Gasteiger partial charge in [-0.25, -0.2) is 4.57 Å². The molecule has 0 heterocycles. The molecule has 0 saturated heterocycles. The molecule has 1 aliphatic rings. The van der Waals surface area contributed by atoms with Gasteiger partial charge in [-0.3, -0.25) is 4.52 Å². The molecule has 0 fully saturated rings. The summed E-state index contributed by atoms with van der Waals surface area (Å²) in [5.41, 5.74) is 3.33. The van der Waals surface area contributed by atoms with Gasteiger partial charge in [0.25, 0.3) is 8.38 Å². The van der Waals surface area contributed by atoms with E-state index in [2.05, 4.69) is 26.0 Å². The van der Waals surface area contributed by atoms with Crippen molar-refractivity contribution < 1.29 is 22.7 Å². The van der Waals surface area contributed by atoms with Crippen LogP contribution >= 0.6 is 16.0 Å². The van der Waals surface area contributed by atoms with Crippen LogP contribution in [0.15, 0.2) is 84.4 Å². The third-order valence-electron chi connectivity index (χ3n) is 7.02. The number of rotatable bonds is 13. The second-order valence-corrected chi connectivity index (χ2v) is 13.6. The van der Waals surface area contributed by atoms with Crippen LogP contribution in [-0.4, -0.2) is 14.2 Å². The summed E-state index contributed by atoms with van der Waals surface area (Å²) >= 11 is 0. The van der Waals surface area contributed by atoms with Crippen LogP contribution in [0.25, 0.3) is 0 Å².